The van der Waals surface area contributed by atoms with Gasteiger partial charge in [0.15, 0.2) is 0 Å². The van der Waals surface area contributed by atoms with E-state index in [0.717, 1.165) is 17.8 Å². The van der Waals surface area contributed by atoms with Gasteiger partial charge in [-0.3, -0.25) is 10.1 Å². The van der Waals surface area contributed by atoms with Crippen LogP contribution in [0.1, 0.15) is 12.6 Å². The molecule has 0 spiro atoms. The fraction of sp³-hybridized carbons (Fsp3) is 0.222. The molecule has 1 aromatic heterocycles. The summed E-state index contributed by atoms with van der Waals surface area (Å²) in [5, 5.41) is 10.0. The van der Waals surface area contributed by atoms with Crippen LogP contribution in [0.2, 0.25) is 0 Å². The van der Waals surface area contributed by atoms with Gasteiger partial charge in [-0.05, 0) is 13.0 Å². The zero-order valence-electron chi connectivity index (χ0n) is 7.57. The van der Waals surface area contributed by atoms with Crippen LogP contribution in [0.15, 0.2) is 29.9 Å². The number of nitrogens with zero attached hydrogens (tertiary/aromatic N) is 3. The summed E-state index contributed by atoms with van der Waals surface area (Å²) in [7, 11) is 0. The van der Waals surface area contributed by atoms with Crippen LogP contribution in [0, 0.1) is 0 Å². The fourth-order valence-corrected chi connectivity index (χ4v) is 0.843. The van der Waals surface area contributed by atoms with Gasteiger partial charge in [-0.25, -0.2) is 0 Å². The van der Waals surface area contributed by atoms with Crippen molar-refractivity contribution in [1.82, 2.24) is 15.4 Å². The smallest absolute Gasteiger partial charge is 0.0853 e. The summed E-state index contributed by atoms with van der Waals surface area (Å²) in [6.45, 7) is 6.45. The van der Waals surface area contributed by atoms with Gasteiger partial charge in [-0.15, -0.1) is 5.10 Å². The number of H-pyrrole nitrogens is 1. The zero-order chi connectivity index (χ0) is 9.52. The standard InChI is InChI=1S/C9H12N4/c1-3-8(5-6-10-4-2)9-7-11-13-12-9/h3,5-7H,1,4H2,2H3,(H,11,12,13)/b8-5+,10-6-. The third-order valence-corrected chi connectivity index (χ3v) is 1.49. The highest BCUT2D eigenvalue weighted by atomic mass is 15.3. The maximum atomic E-state index is 4.07. The minimum Gasteiger partial charge on any atom is -0.293 e. The molecule has 0 unspecified atom stereocenters. The number of hydrogen-bond donors (Lipinski definition) is 1. The summed E-state index contributed by atoms with van der Waals surface area (Å²) in [6.07, 6.45) is 6.99. The Hall–Kier alpha value is -1.71. The monoisotopic (exact) mass is 176 g/mol. The van der Waals surface area contributed by atoms with Crippen LogP contribution in [0.3, 0.4) is 0 Å². The molecule has 0 atom stereocenters. The van der Waals surface area contributed by atoms with Gasteiger partial charge in [0.2, 0.25) is 0 Å². The highest BCUT2D eigenvalue weighted by molar-refractivity contribution is 5.87. The molecule has 0 aliphatic carbocycles. The van der Waals surface area contributed by atoms with Gasteiger partial charge in [0, 0.05) is 18.3 Å². The number of rotatable bonds is 4. The maximum absolute atomic E-state index is 4.07. The summed E-state index contributed by atoms with van der Waals surface area (Å²) < 4.78 is 0. The van der Waals surface area contributed by atoms with Gasteiger partial charge in [0.05, 0.1) is 11.9 Å². The average molecular weight is 176 g/mol. The quantitative estimate of drug-likeness (QED) is 0.557. The SMILES string of the molecule is C=C/C(=C\C=N/CC)c1cnn[nH]1. The summed E-state index contributed by atoms with van der Waals surface area (Å²) in [5.41, 5.74) is 1.78. The van der Waals surface area contributed by atoms with Gasteiger partial charge in [-0.1, -0.05) is 17.9 Å². The van der Waals surface area contributed by atoms with E-state index in [2.05, 4.69) is 27.0 Å². The van der Waals surface area contributed by atoms with E-state index in [-0.39, 0.29) is 0 Å². The van der Waals surface area contributed by atoms with Gasteiger partial charge < -0.3 is 0 Å². The van der Waals surface area contributed by atoms with E-state index in [1.165, 1.54) is 0 Å². The second-order valence-corrected chi connectivity index (χ2v) is 2.34. The topological polar surface area (TPSA) is 53.9 Å². The van der Waals surface area contributed by atoms with Crippen LogP contribution in [0.25, 0.3) is 5.57 Å². The first-order valence-corrected chi connectivity index (χ1v) is 4.07. The first kappa shape index (κ1) is 9.38. The molecule has 0 aliphatic heterocycles. The molecule has 68 valence electrons. The summed E-state index contributed by atoms with van der Waals surface area (Å²) in [5.74, 6) is 0. The summed E-state index contributed by atoms with van der Waals surface area (Å²) in [6, 6.07) is 0. The van der Waals surface area contributed by atoms with Gasteiger partial charge >= 0.3 is 0 Å². The van der Waals surface area contributed by atoms with Crippen molar-refractivity contribution >= 4 is 11.8 Å². The first-order chi connectivity index (χ1) is 6.38. The number of aliphatic imine (C=N–C) groups is 1. The van der Waals surface area contributed by atoms with Crippen molar-refractivity contribution < 1.29 is 0 Å². The van der Waals surface area contributed by atoms with Crippen LogP contribution in [0.4, 0.5) is 0 Å². The van der Waals surface area contributed by atoms with Crippen molar-refractivity contribution in [3.8, 4) is 0 Å². The predicted octanol–water partition coefficient (Wildman–Crippen LogP) is 1.46. The molecule has 1 aromatic rings. The second-order valence-electron chi connectivity index (χ2n) is 2.34. The molecule has 4 nitrogen and oxygen atoms in total. The Morgan fingerprint density at radius 3 is 3.15 bits per heavy atom. The first-order valence-electron chi connectivity index (χ1n) is 4.07. The lowest BCUT2D eigenvalue weighted by atomic mass is 10.2. The van der Waals surface area contributed by atoms with Crippen LogP contribution in [0.5, 0.6) is 0 Å². The van der Waals surface area contributed by atoms with Crippen molar-refractivity contribution in [2.45, 2.75) is 6.92 Å². The van der Waals surface area contributed by atoms with E-state index >= 15 is 0 Å². The molecule has 0 aliphatic rings. The summed E-state index contributed by atoms with van der Waals surface area (Å²) >= 11 is 0. The van der Waals surface area contributed by atoms with Crippen molar-refractivity contribution in [2.75, 3.05) is 6.54 Å². The van der Waals surface area contributed by atoms with Crippen LogP contribution < -0.4 is 0 Å². The lowest BCUT2D eigenvalue weighted by Crippen LogP contribution is -1.82. The molecule has 1 N–H and O–H groups in total. The number of nitrogens with one attached hydrogen (secondary N) is 1. The largest absolute Gasteiger partial charge is 0.293 e. The Labute approximate surface area is 77.1 Å². The van der Waals surface area contributed by atoms with E-state index in [1.54, 1.807) is 18.5 Å². The number of hydrogen-bond acceptors (Lipinski definition) is 3. The lowest BCUT2D eigenvalue weighted by molar-refractivity contribution is 0.936. The second kappa shape index (κ2) is 5.03. The van der Waals surface area contributed by atoms with Crippen molar-refractivity contribution in [3.05, 3.63) is 30.6 Å². The van der Waals surface area contributed by atoms with Crippen LogP contribution in [-0.4, -0.2) is 28.2 Å². The summed E-state index contributed by atoms with van der Waals surface area (Å²) in [4.78, 5) is 4.07. The molecule has 0 fully saturated rings. The number of aromatic amines is 1. The molecule has 0 saturated carbocycles. The third-order valence-electron chi connectivity index (χ3n) is 1.49. The minimum atomic E-state index is 0.780. The highest BCUT2D eigenvalue weighted by Crippen LogP contribution is 2.08. The van der Waals surface area contributed by atoms with Gasteiger partial charge in [-0.2, -0.15) is 0 Å². The number of allylic oxidation sites excluding steroid dienone is 3. The molecule has 13 heavy (non-hydrogen) atoms. The Kier molecular flexibility index (Phi) is 3.63. The molecule has 0 amide bonds. The molecule has 0 radical (unpaired) electrons. The van der Waals surface area contributed by atoms with Crippen LogP contribution >= 0.6 is 0 Å². The molecule has 4 heteroatoms. The Morgan fingerprint density at radius 1 is 1.77 bits per heavy atom. The molecular weight excluding hydrogens is 164 g/mol. The highest BCUT2D eigenvalue weighted by Gasteiger charge is 1.96. The van der Waals surface area contributed by atoms with Crippen molar-refractivity contribution in [1.29, 1.82) is 0 Å². The van der Waals surface area contributed by atoms with Gasteiger partial charge in [0.1, 0.15) is 0 Å². The Bertz CT molecular complexity index is 308. The Morgan fingerprint density at radius 2 is 2.62 bits per heavy atom. The lowest BCUT2D eigenvalue weighted by Gasteiger charge is -1.92. The zero-order valence-corrected chi connectivity index (χ0v) is 7.57. The average Bonchev–Trinajstić information content (AvgIpc) is 2.65. The van der Waals surface area contributed by atoms with E-state index in [9.17, 15) is 0 Å². The van der Waals surface area contributed by atoms with Crippen LogP contribution in [-0.2, 0) is 0 Å². The normalized spacial score (nSPS) is 12.2. The molecule has 0 bridgehead atoms. The Balaban J connectivity index is 2.79. The fourth-order valence-electron chi connectivity index (χ4n) is 0.843. The molecule has 0 saturated heterocycles. The van der Waals surface area contributed by atoms with Gasteiger partial charge in [0.25, 0.3) is 0 Å². The maximum Gasteiger partial charge on any atom is 0.0853 e. The molecule has 1 rings (SSSR count). The predicted molar refractivity (Wildman–Crippen MR) is 53.6 cm³/mol. The number of aromatic nitrogens is 3. The van der Waals surface area contributed by atoms with E-state index in [1.807, 2.05) is 13.0 Å². The van der Waals surface area contributed by atoms with Crippen molar-refractivity contribution in [3.63, 3.8) is 0 Å². The van der Waals surface area contributed by atoms with E-state index < -0.39 is 0 Å². The van der Waals surface area contributed by atoms with E-state index in [4.69, 9.17) is 0 Å². The van der Waals surface area contributed by atoms with E-state index in [0.29, 0.717) is 0 Å². The minimum absolute atomic E-state index is 0.780. The molecule has 0 aromatic carbocycles. The van der Waals surface area contributed by atoms with Crippen molar-refractivity contribution in [2.24, 2.45) is 4.99 Å². The molecule has 1 heterocycles. The molecular formula is C9H12N4. The third kappa shape index (κ3) is 2.66.